The van der Waals surface area contributed by atoms with Gasteiger partial charge in [0.25, 0.3) is 0 Å². The molecule has 0 heterocycles. The number of ether oxygens (including phenoxy) is 1. The van der Waals surface area contributed by atoms with Crippen LogP contribution in [-0.2, 0) is 6.54 Å². The molecule has 0 fully saturated rings. The van der Waals surface area contributed by atoms with Gasteiger partial charge in [-0.1, -0.05) is 61.9 Å². The van der Waals surface area contributed by atoms with E-state index in [2.05, 4.69) is 54.7 Å². The fourth-order valence-corrected chi connectivity index (χ4v) is 2.44. The number of hydrogen-bond acceptors (Lipinski definition) is 2. The van der Waals surface area contributed by atoms with Crippen LogP contribution in [-0.4, -0.2) is 7.11 Å². The first-order chi connectivity index (χ1) is 9.85. The molecule has 106 valence electrons. The Balaban J connectivity index is 2.06. The van der Waals surface area contributed by atoms with Crippen molar-refractivity contribution in [3.8, 4) is 5.75 Å². The van der Waals surface area contributed by atoms with Crippen molar-refractivity contribution < 1.29 is 4.74 Å². The Bertz CT molecular complexity index is 510. The molecule has 0 spiro atoms. The number of rotatable bonds is 7. The molecule has 0 unspecified atom stereocenters. The quantitative estimate of drug-likeness (QED) is 0.808. The van der Waals surface area contributed by atoms with Crippen molar-refractivity contribution >= 4 is 0 Å². The lowest BCUT2D eigenvalue weighted by Crippen LogP contribution is -2.21. The first-order valence-corrected chi connectivity index (χ1v) is 7.25. The lowest BCUT2D eigenvalue weighted by molar-refractivity contribution is 0.403. The van der Waals surface area contributed by atoms with Crippen LogP contribution in [0.3, 0.4) is 0 Å². The predicted molar refractivity (Wildman–Crippen MR) is 83.9 cm³/mol. The fraction of sp³-hybridized carbons (Fsp3) is 0.333. The molecule has 0 bridgehead atoms. The minimum Gasteiger partial charge on any atom is -0.496 e. The van der Waals surface area contributed by atoms with Gasteiger partial charge in [-0.2, -0.15) is 0 Å². The summed E-state index contributed by atoms with van der Waals surface area (Å²) in [6.07, 6.45) is 2.30. The van der Waals surface area contributed by atoms with Gasteiger partial charge >= 0.3 is 0 Å². The molecular weight excluding hydrogens is 246 g/mol. The Hall–Kier alpha value is -1.80. The Morgan fingerprint density at radius 2 is 1.70 bits per heavy atom. The highest BCUT2D eigenvalue weighted by Crippen LogP contribution is 2.21. The zero-order chi connectivity index (χ0) is 14.2. The number of nitrogens with one attached hydrogen (secondary N) is 1. The van der Waals surface area contributed by atoms with Gasteiger partial charge in [0.2, 0.25) is 0 Å². The third-order valence-corrected chi connectivity index (χ3v) is 3.51. The third-order valence-electron chi connectivity index (χ3n) is 3.51. The van der Waals surface area contributed by atoms with Gasteiger partial charge < -0.3 is 10.1 Å². The average Bonchev–Trinajstić information content (AvgIpc) is 2.52. The van der Waals surface area contributed by atoms with E-state index in [-0.39, 0.29) is 0 Å². The molecule has 2 nitrogen and oxygen atoms in total. The summed E-state index contributed by atoms with van der Waals surface area (Å²) in [6.45, 7) is 3.05. The molecule has 2 aromatic rings. The molecule has 1 atom stereocenters. The van der Waals surface area contributed by atoms with Gasteiger partial charge in [0.05, 0.1) is 7.11 Å². The van der Waals surface area contributed by atoms with Crippen LogP contribution in [0.5, 0.6) is 5.75 Å². The van der Waals surface area contributed by atoms with Crippen molar-refractivity contribution in [2.24, 2.45) is 0 Å². The van der Waals surface area contributed by atoms with Crippen molar-refractivity contribution in [3.63, 3.8) is 0 Å². The monoisotopic (exact) mass is 269 g/mol. The van der Waals surface area contributed by atoms with E-state index in [1.807, 2.05) is 12.1 Å². The Morgan fingerprint density at radius 3 is 2.40 bits per heavy atom. The third kappa shape index (κ3) is 3.84. The molecule has 0 saturated carbocycles. The molecule has 0 radical (unpaired) electrons. The summed E-state index contributed by atoms with van der Waals surface area (Å²) in [7, 11) is 1.72. The van der Waals surface area contributed by atoms with E-state index in [9.17, 15) is 0 Å². The van der Waals surface area contributed by atoms with Crippen molar-refractivity contribution in [3.05, 3.63) is 65.7 Å². The van der Waals surface area contributed by atoms with Crippen LogP contribution in [0.1, 0.15) is 36.9 Å². The molecule has 0 aromatic heterocycles. The van der Waals surface area contributed by atoms with Gasteiger partial charge in [-0.05, 0) is 18.1 Å². The Morgan fingerprint density at radius 1 is 1.00 bits per heavy atom. The maximum absolute atomic E-state index is 5.40. The van der Waals surface area contributed by atoms with Crippen LogP contribution in [0.2, 0.25) is 0 Å². The maximum Gasteiger partial charge on any atom is 0.123 e. The summed E-state index contributed by atoms with van der Waals surface area (Å²) in [5, 5.41) is 3.65. The molecule has 2 heteroatoms. The largest absolute Gasteiger partial charge is 0.496 e. The van der Waals surface area contributed by atoms with Gasteiger partial charge in [0.15, 0.2) is 0 Å². The summed E-state index contributed by atoms with van der Waals surface area (Å²) in [5.74, 6) is 0.948. The van der Waals surface area contributed by atoms with Crippen LogP contribution in [0.25, 0.3) is 0 Å². The van der Waals surface area contributed by atoms with Crippen LogP contribution < -0.4 is 10.1 Å². The summed E-state index contributed by atoms with van der Waals surface area (Å²) >= 11 is 0. The molecule has 20 heavy (non-hydrogen) atoms. The predicted octanol–water partition coefficient (Wildman–Crippen LogP) is 4.33. The summed E-state index contributed by atoms with van der Waals surface area (Å²) in [4.78, 5) is 0. The second-order valence-corrected chi connectivity index (χ2v) is 4.94. The standard InChI is InChI=1S/C18H23NO/c1-3-9-17(15-10-5-4-6-11-15)19-14-16-12-7-8-13-18(16)20-2/h4-8,10-13,17,19H,3,9,14H2,1-2H3/t17-/m0/s1. The molecule has 2 aromatic carbocycles. The van der Waals surface area contributed by atoms with Crippen molar-refractivity contribution in [2.75, 3.05) is 7.11 Å². The first-order valence-electron chi connectivity index (χ1n) is 7.25. The van der Waals surface area contributed by atoms with Crippen molar-refractivity contribution in [2.45, 2.75) is 32.4 Å². The smallest absolute Gasteiger partial charge is 0.123 e. The summed E-state index contributed by atoms with van der Waals surface area (Å²) in [6, 6.07) is 19.2. The second-order valence-electron chi connectivity index (χ2n) is 4.94. The molecule has 0 saturated heterocycles. The second kappa shape index (κ2) is 7.71. The first kappa shape index (κ1) is 14.6. The molecule has 1 N–H and O–H groups in total. The Kier molecular flexibility index (Phi) is 5.63. The normalized spacial score (nSPS) is 12.1. The zero-order valence-electron chi connectivity index (χ0n) is 12.3. The minimum absolute atomic E-state index is 0.395. The van der Waals surface area contributed by atoms with Crippen LogP contribution in [0, 0.1) is 0 Å². The fourth-order valence-electron chi connectivity index (χ4n) is 2.44. The van der Waals surface area contributed by atoms with E-state index < -0.39 is 0 Å². The van der Waals surface area contributed by atoms with E-state index in [1.165, 1.54) is 17.5 Å². The summed E-state index contributed by atoms with van der Waals surface area (Å²) in [5.41, 5.74) is 2.55. The highest BCUT2D eigenvalue weighted by Gasteiger charge is 2.10. The van der Waals surface area contributed by atoms with Gasteiger partial charge in [0, 0.05) is 18.2 Å². The number of methoxy groups -OCH3 is 1. The minimum atomic E-state index is 0.395. The zero-order valence-corrected chi connectivity index (χ0v) is 12.3. The lowest BCUT2D eigenvalue weighted by Gasteiger charge is -2.19. The van der Waals surface area contributed by atoms with Gasteiger partial charge in [-0.3, -0.25) is 0 Å². The number of hydrogen-bond donors (Lipinski definition) is 1. The maximum atomic E-state index is 5.40. The van der Waals surface area contributed by atoms with Crippen LogP contribution in [0.4, 0.5) is 0 Å². The van der Waals surface area contributed by atoms with Crippen LogP contribution >= 0.6 is 0 Å². The molecule has 0 aliphatic rings. The van der Waals surface area contributed by atoms with E-state index >= 15 is 0 Å². The highest BCUT2D eigenvalue weighted by molar-refractivity contribution is 5.33. The molecule has 0 aliphatic heterocycles. The van der Waals surface area contributed by atoms with E-state index in [1.54, 1.807) is 7.11 Å². The Labute approximate surface area is 121 Å². The number of para-hydroxylation sites is 1. The average molecular weight is 269 g/mol. The van der Waals surface area contributed by atoms with E-state index in [0.717, 1.165) is 18.7 Å². The molecule has 0 amide bonds. The van der Waals surface area contributed by atoms with E-state index in [4.69, 9.17) is 4.74 Å². The SMILES string of the molecule is CCC[C@H](NCc1ccccc1OC)c1ccccc1. The highest BCUT2D eigenvalue weighted by atomic mass is 16.5. The van der Waals surface area contributed by atoms with Crippen LogP contribution in [0.15, 0.2) is 54.6 Å². The number of benzene rings is 2. The topological polar surface area (TPSA) is 21.3 Å². The molecule has 0 aliphatic carbocycles. The molecule has 2 rings (SSSR count). The lowest BCUT2D eigenvalue weighted by atomic mass is 10.0. The van der Waals surface area contributed by atoms with Gasteiger partial charge in [-0.25, -0.2) is 0 Å². The summed E-state index contributed by atoms with van der Waals surface area (Å²) < 4.78 is 5.40. The van der Waals surface area contributed by atoms with E-state index in [0.29, 0.717) is 6.04 Å². The molecular formula is C18H23NO. The van der Waals surface area contributed by atoms with Crippen molar-refractivity contribution in [1.29, 1.82) is 0 Å². The van der Waals surface area contributed by atoms with Crippen molar-refractivity contribution in [1.82, 2.24) is 5.32 Å². The van der Waals surface area contributed by atoms with Gasteiger partial charge in [-0.15, -0.1) is 0 Å². The van der Waals surface area contributed by atoms with Gasteiger partial charge in [0.1, 0.15) is 5.75 Å².